The number of amides is 3. The summed E-state index contributed by atoms with van der Waals surface area (Å²) in [5, 5.41) is 8.25. The maximum Gasteiger partial charge on any atom is 0.272 e. The molecule has 3 N–H and O–H groups in total. The van der Waals surface area contributed by atoms with Gasteiger partial charge in [0, 0.05) is 27.4 Å². The van der Waals surface area contributed by atoms with Crippen LogP contribution in [-0.4, -0.2) is 23.5 Å². The molecule has 4 rings (SSSR count). The maximum atomic E-state index is 14.3. The molecule has 8 heteroatoms. The minimum Gasteiger partial charge on any atom is -0.325 e. The number of hydrogen-bond donors (Lipinski definition) is 3. The number of hydrogen-bond acceptors (Lipinski definition) is 4. The highest BCUT2D eigenvalue weighted by molar-refractivity contribution is 8.00. The Bertz CT molecular complexity index is 1530. The van der Waals surface area contributed by atoms with Crippen molar-refractivity contribution in [3.05, 3.63) is 131 Å². The lowest BCUT2D eigenvalue weighted by Gasteiger charge is -2.12. The molecule has 0 aliphatic heterocycles. The molecule has 0 saturated heterocycles. The molecule has 3 amide bonds. The van der Waals surface area contributed by atoms with Gasteiger partial charge in [-0.05, 0) is 85.6 Å². The number of halogens is 1. The molecule has 0 aliphatic carbocycles. The van der Waals surface area contributed by atoms with E-state index in [9.17, 15) is 18.8 Å². The van der Waals surface area contributed by atoms with Gasteiger partial charge >= 0.3 is 0 Å². The smallest absolute Gasteiger partial charge is 0.272 e. The summed E-state index contributed by atoms with van der Waals surface area (Å²) in [6.45, 7) is 3.96. The Morgan fingerprint density at radius 1 is 0.775 bits per heavy atom. The first kappa shape index (κ1) is 28.3. The lowest BCUT2D eigenvalue weighted by atomic mass is 10.1. The lowest BCUT2D eigenvalue weighted by Crippen LogP contribution is -2.30. The first-order chi connectivity index (χ1) is 19.3. The zero-order valence-corrected chi connectivity index (χ0v) is 22.8. The third-order valence-corrected chi connectivity index (χ3v) is 6.73. The van der Waals surface area contributed by atoms with Gasteiger partial charge in [-0.2, -0.15) is 0 Å². The standard InChI is InChI=1S/C32H28FN3O3S/c1-21-16-22(2)18-26(17-21)34-30(37)20-40-27-14-12-25(13-15-27)35-32(39)29(19-24-10-6-7-11-28(24)33)36-31(38)23-8-4-3-5-9-23/h3-19H,20H2,1-2H3,(H,34,37)(H,35,39)(H,36,38)/b29-19-. The molecule has 6 nitrogen and oxygen atoms in total. The number of carbonyl (C=O) groups is 3. The number of anilines is 2. The Kier molecular flexibility index (Phi) is 9.48. The number of nitrogens with one attached hydrogen (secondary N) is 3. The largest absolute Gasteiger partial charge is 0.325 e. The molecule has 0 heterocycles. The molecule has 0 bridgehead atoms. The highest BCUT2D eigenvalue weighted by atomic mass is 32.2. The van der Waals surface area contributed by atoms with Crippen molar-refractivity contribution >= 4 is 46.9 Å². The van der Waals surface area contributed by atoms with Crippen molar-refractivity contribution < 1.29 is 18.8 Å². The minimum atomic E-state index is -0.610. The number of carbonyl (C=O) groups excluding carboxylic acids is 3. The summed E-state index contributed by atoms with van der Waals surface area (Å²) in [4.78, 5) is 39.1. The Hall–Kier alpha value is -4.69. The summed E-state index contributed by atoms with van der Waals surface area (Å²) in [5.74, 6) is -1.53. The molecule has 0 atom stereocenters. The van der Waals surface area contributed by atoms with Crippen LogP contribution in [0.25, 0.3) is 6.08 Å². The normalized spacial score (nSPS) is 11.0. The molecule has 0 aliphatic rings. The number of thioether (sulfide) groups is 1. The second kappa shape index (κ2) is 13.4. The van der Waals surface area contributed by atoms with Gasteiger partial charge in [0.15, 0.2) is 0 Å². The van der Waals surface area contributed by atoms with Crippen molar-refractivity contribution in [2.45, 2.75) is 18.7 Å². The molecule has 0 spiro atoms. The highest BCUT2D eigenvalue weighted by Crippen LogP contribution is 2.22. The first-order valence-corrected chi connectivity index (χ1v) is 13.5. The molecule has 4 aromatic rings. The van der Waals surface area contributed by atoms with Crippen LogP contribution in [0.5, 0.6) is 0 Å². The fourth-order valence-corrected chi connectivity index (χ4v) is 4.61. The van der Waals surface area contributed by atoms with Gasteiger partial charge in [0.2, 0.25) is 5.91 Å². The van der Waals surface area contributed by atoms with Crippen LogP contribution >= 0.6 is 11.8 Å². The van der Waals surface area contributed by atoms with Crippen LogP contribution in [0.2, 0.25) is 0 Å². The van der Waals surface area contributed by atoms with Gasteiger partial charge in [0.25, 0.3) is 11.8 Å². The Labute approximate surface area is 236 Å². The van der Waals surface area contributed by atoms with Crippen LogP contribution in [-0.2, 0) is 9.59 Å². The number of rotatable bonds is 9. The van der Waals surface area contributed by atoms with Gasteiger partial charge in [0.05, 0.1) is 5.75 Å². The van der Waals surface area contributed by atoms with Gasteiger partial charge < -0.3 is 16.0 Å². The van der Waals surface area contributed by atoms with Crippen molar-refractivity contribution in [2.75, 3.05) is 16.4 Å². The lowest BCUT2D eigenvalue weighted by molar-refractivity contribution is -0.114. The van der Waals surface area contributed by atoms with Crippen LogP contribution in [0.15, 0.2) is 108 Å². The van der Waals surface area contributed by atoms with Crippen LogP contribution in [0.3, 0.4) is 0 Å². The molecular formula is C32H28FN3O3S. The van der Waals surface area contributed by atoms with Crippen LogP contribution in [0, 0.1) is 19.7 Å². The summed E-state index contributed by atoms with van der Waals surface area (Å²) < 4.78 is 14.3. The molecule has 0 aromatic heterocycles. The van der Waals surface area contributed by atoms with Gasteiger partial charge in [0.1, 0.15) is 11.5 Å². The van der Waals surface area contributed by atoms with Crippen LogP contribution in [0.4, 0.5) is 15.8 Å². The van der Waals surface area contributed by atoms with Gasteiger partial charge in [-0.25, -0.2) is 4.39 Å². The summed E-state index contributed by atoms with van der Waals surface area (Å²) >= 11 is 1.36. The van der Waals surface area contributed by atoms with E-state index < -0.39 is 17.6 Å². The molecule has 40 heavy (non-hydrogen) atoms. The molecule has 4 aromatic carbocycles. The third-order valence-electron chi connectivity index (χ3n) is 5.72. The summed E-state index contributed by atoms with van der Waals surface area (Å²) in [6.07, 6.45) is 1.30. The zero-order chi connectivity index (χ0) is 28.5. The monoisotopic (exact) mass is 553 g/mol. The molecule has 202 valence electrons. The molecule has 0 radical (unpaired) electrons. The van der Waals surface area contributed by atoms with E-state index in [1.54, 1.807) is 66.7 Å². The fourth-order valence-electron chi connectivity index (χ4n) is 3.92. The van der Waals surface area contributed by atoms with E-state index in [1.165, 1.54) is 30.0 Å². The minimum absolute atomic E-state index is 0.111. The second-order valence-electron chi connectivity index (χ2n) is 9.09. The van der Waals surface area contributed by atoms with Gasteiger partial charge in [-0.15, -0.1) is 11.8 Å². The second-order valence-corrected chi connectivity index (χ2v) is 10.1. The number of aryl methyl sites for hydroxylation is 2. The quantitative estimate of drug-likeness (QED) is 0.161. The van der Waals surface area contributed by atoms with E-state index >= 15 is 0 Å². The molecule has 0 fully saturated rings. The van der Waals surface area contributed by atoms with Gasteiger partial charge in [-0.3, -0.25) is 14.4 Å². The topological polar surface area (TPSA) is 87.3 Å². The third kappa shape index (κ3) is 8.15. The molecular weight excluding hydrogens is 525 g/mol. The Balaban J connectivity index is 1.41. The van der Waals surface area contributed by atoms with E-state index in [-0.39, 0.29) is 22.9 Å². The van der Waals surface area contributed by atoms with Crippen molar-refractivity contribution in [1.82, 2.24) is 5.32 Å². The van der Waals surface area contributed by atoms with Crippen molar-refractivity contribution in [3.8, 4) is 0 Å². The first-order valence-electron chi connectivity index (χ1n) is 12.5. The molecule has 0 saturated carbocycles. The van der Waals surface area contributed by atoms with Crippen molar-refractivity contribution in [2.24, 2.45) is 0 Å². The highest BCUT2D eigenvalue weighted by Gasteiger charge is 2.16. The zero-order valence-electron chi connectivity index (χ0n) is 22.0. The summed E-state index contributed by atoms with van der Waals surface area (Å²) in [7, 11) is 0. The van der Waals surface area contributed by atoms with E-state index in [0.29, 0.717) is 11.3 Å². The summed E-state index contributed by atoms with van der Waals surface area (Å²) in [6, 6.07) is 27.3. The molecule has 0 unspecified atom stereocenters. The SMILES string of the molecule is Cc1cc(C)cc(NC(=O)CSc2ccc(NC(=O)/C(=C/c3ccccc3F)NC(=O)c3ccccc3)cc2)c1. The predicted octanol–water partition coefficient (Wildman–Crippen LogP) is 6.58. The maximum absolute atomic E-state index is 14.3. The van der Waals surface area contributed by atoms with E-state index in [4.69, 9.17) is 0 Å². The van der Waals surface area contributed by atoms with Crippen LogP contribution in [0.1, 0.15) is 27.0 Å². The van der Waals surface area contributed by atoms with E-state index in [1.807, 2.05) is 32.0 Å². The van der Waals surface area contributed by atoms with Gasteiger partial charge in [-0.1, -0.05) is 42.5 Å². The average Bonchev–Trinajstić information content (AvgIpc) is 2.93. The number of benzene rings is 4. The Morgan fingerprint density at radius 2 is 1.43 bits per heavy atom. The predicted molar refractivity (Wildman–Crippen MR) is 159 cm³/mol. The van der Waals surface area contributed by atoms with Crippen molar-refractivity contribution in [3.63, 3.8) is 0 Å². The van der Waals surface area contributed by atoms with Crippen molar-refractivity contribution in [1.29, 1.82) is 0 Å². The summed E-state index contributed by atoms with van der Waals surface area (Å²) in [5.41, 5.74) is 3.80. The van der Waals surface area contributed by atoms with E-state index in [2.05, 4.69) is 16.0 Å². The average molecular weight is 554 g/mol. The fraction of sp³-hybridized carbons (Fsp3) is 0.0938. The Morgan fingerprint density at radius 3 is 2.10 bits per heavy atom. The van der Waals surface area contributed by atoms with E-state index in [0.717, 1.165) is 21.7 Å². The van der Waals surface area contributed by atoms with Crippen LogP contribution < -0.4 is 16.0 Å².